The summed E-state index contributed by atoms with van der Waals surface area (Å²) in [4.78, 5) is 32.0. The molecule has 2 fully saturated rings. The van der Waals surface area contributed by atoms with Crippen molar-refractivity contribution in [1.29, 1.82) is 0 Å². The van der Waals surface area contributed by atoms with Gasteiger partial charge in [-0.3, -0.25) is 9.59 Å². The van der Waals surface area contributed by atoms with E-state index >= 15 is 0 Å². The number of nitrogens with zero attached hydrogens (tertiary/aromatic N) is 2. The molecule has 212 valence electrons. The summed E-state index contributed by atoms with van der Waals surface area (Å²) in [6.45, 7) is 2.23. The number of β-lactam (4-membered cyclic amide) rings is 1. The van der Waals surface area contributed by atoms with Crippen LogP contribution in [0.25, 0.3) is 0 Å². The molecule has 4 aromatic rings. The molecule has 2 amide bonds. The number of piperidine rings is 1. The van der Waals surface area contributed by atoms with Crippen LogP contribution in [-0.2, 0) is 4.79 Å². The van der Waals surface area contributed by atoms with Crippen LogP contribution in [0.2, 0.25) is 0 Å². The van der Waals surface area contributed by atoms with Crippen molar-refractivity contribution in [3.05, 3.63) is 131 Å². The fourth-order valence-electron chi connectivity index (χ4n) is 6.93. The predicted molar refractivity (Wildman–Crippen MR) is 160 cm³/mol. The molecule has 0 bridgehead atoms. The lowest BCUT2D eigenvalue weighted by molar-refractivity contribution is -0.184. The summed E-state index contributed by atoms with van der Waals surface area (Å²) in [6, 6.07) is 36.1. The highest BCUT2D eigenvalue weighted by Gasteiger charge is 2.63. The molecule has 42 heavy (non-hydrogen) atoms. The number of ether oxygens (including phenoxy) is 2. The number of carbonyl (C=O) groups is 2. The zero-order valence-corrected chi connectivity index (χ0v) is 23.5. The van der Waals surface area contributed by atoms with Gasteiger partial charge in [-0.15, -0.1) is 0 Å². The molecule has 0 saturated carbocycles. The summed E-state index contributed by atoms with van der Waals surface area (Å²) in [7, 11) is 0. The third-order valence-electron chi connectivity index (χ3n) is 9.02. The minimum Gasteiger partial charge on any atom is -0.490 e. The molecule has 0 radical (unpaired) electrons. The zero-order valence-electron chi connectivity index (χ0n) is 23.5. The number of hydrogen-bond acceptors (Lipinski definition) is 4. The van der Waals surface area contributed by atoms with Crippen LogP contribution >= 0.6 is 0 Å². The van der Waals surface area contributed by atoms with E-state index in [1.54, 1.807) is 6.07 Å². The second kappa shape index (κ2) is 11.0. The van der Waals surface area contributed by atoms with Crippen molar-refractivity contribution >= 4 is 11.8 Å². The molecular weight excluding hydrogens is 524 g/mol. The number of fused-ring (bicyclic) bond motifs is 1. The molecule has 6 nitrogen and oxygen atoms in total. The van der Waals surface area contributed by atoms with Crippen molar-refractivity contribution in [2.24, 2.45) is 5.41 Å². The fraction of sp³-hybridized carbons (Fsp3) is 0.278. The number of likely N-dealkylation sites (tertiary alicyclic amines) is 2. The zero-order chi connectivity index (χ0) is 28.5. The van der Waals surface area contributed by atoms with E-state index < -0.39 is 5.41 Å². The molecule has 1 spiro atoms. The summed E-state index contributed by atoms with van der Waals surface area (Å²) in [5.74, 6) is 1.43. The first kappa shape index (κ1) is 26.3. The van der Waals surface area contributed by atoms with E-state index in [1.807, 2.05) is 71.6 Å². The van der Waals surface area contributed by atoms with E-state index in [-0.39, 0.29) is 23.9 Å². The summed E-state index contributed by atoms with van der Waals surface area (Å²) in [6.07, 6.45) is 2.05. The number of carbonyl (C=O) groups excluding carboxylic acids is 2. The average Bonchev–Trinajstić information content (AvgIpc) is 3.31. The summed E-state index contributed by atoms with van der Waals surface area (Å²) < 4.78 is 11.6. The summed E-state index contributed by atoms with van der Waals surface area (Å²) in [5, 5.41) is 0. The van der Waals surface area contributed by atoms with Gasteiger partial charge in [0.2, 0.25) is 5.91 Å². The number of hydrogen-bond donors (Lipinski definition) is 0. The summed E-state index contributed by atoms with van der Waals surface area (Å²) >= 11 is 0. The Bertz CT molecular complexity index is 1530. The quantitative estimate of drug-likeness (QED) is 0.265. The summed E-state index contributed by atoms with van der Waals surface area (Å²) in [5.41, 5.74) is 3.36. The highest BCUT2D eigenvalue weighted by atomic mass is 16.5. The van der Waals surface area contributed by atoms with Crippen molar-refractivity contribution in [3.63, 3.8) is 0 Å². The average molecular weight is 559 g/mol. The van der Waals surface area contributed by atoms with E-state index in [4.69, 9.17) is 9.47 Å². The van der Waals surface area contributed by atoms with Crippen LogP contribution in [-0.4, -0.2) is 47.9 Å². The first-order valence-electron chi connectivity index (χ1n) is 14.8. The molecule has 7 rings (SSSR count). The SMILES string of the molecule is O=C(c1ccc2c(c1)OCCCO2)N1CCC2(CC1)C(=O)N(C(c1ccccc1)c1ccccc1)C2c1ccccc1. The van der Waals surface area contributed by atoms with Gasteiger partial charge in [-0.1, -0.05) is 91.0 Å². The highest BCUT2D eigenvalue weighted by Crippen LogP contribution is 2.59. The van der Waals surface area contributed by atoms with Gasteiger partial charge in [0.1, 0.15) is 0 Å². The normalized spacial score (nSPS) is 19.4. The van der Waals surface area contributed by atoms with Crippen LogP contribution < -0.4 is 9.47 Å². The Hall–Kier alpha value is -4.58. The molecule has 0 aromatic heterocycles. The Balaban J connectivity index is 1.18. The Labute approximate surface area is 246 Å². The van der Waals surface area contributed by atoms with Gasteiger partial charge >= 0.3 is 0 Å². The minimum atomic E-state index is -0.551. The van der Waals surface area contributed by atoms with E-state index in [2.05, 4.69) is 41.3 Å². The molecule has 2 saturated heterocycles. The molecule has 1 atom stereocenters. The van der Waals surface area contributed by atoms with Crippen LogP contribution in [0.15, 0.2) is 109 Å². The number of benzene rings is 4. The van der Waals surface area contributed by atoms with E-state index in [1.165, 1.54) is 0 Å². The van der Waals surface area contributed by atoms with Crippen molar-refractivity contribution in [1.82, 2.24) is 9.80 Å². The number of rotatable bonds is 5. The van der Waals surface area contributed by atoms with Crippen LogP contribution in [0.3, 0.4) is 0 Å². The Morgan fingerprint density at radius 2 is 1.31 bits per heavy atom. The first-order chi connectivity index (χ1) is 20.7. The van der Waals surface area contributed by atoms with E-state index in [0.29, 0.717) is 56.2 Å². The lowest BCUT2D eigenvalue weighted by Gasteiger charge is -2.61. The van der Waals surface area contributed by atoms with Gasteiger partial charge in [-0.25, -0.2) is 0 Å². The number of amides is 2. The van der Waals surface area contributed by atoms with Gasteiger partial charge in [0.05, 0.1) is 30.7 Å². The van der Waals surface area contributed by atoms with Crippen LogP contribution in [0.1, 0.15) is 58.4 Å². The van der Waals surface area contributed by atoms with E-state index in [0.717, 1.165) is 23.1 Å². The lowest BCUT2D eigenvalue weighted by atomic mass is 9.61. The molecule has 0 N–H and O–H groups in total. The maximum absolute atomic E-state index is 14.4. The third kappa shape index (κ3) is 4.51. The topological polar surface area (TPSA) is 59.1 Å². The predicted octanol–water partition coefficient (Wildman–Crippen LogP) is 6.44. The van der Waals surface area contributed by atoms with Gasteiger partial charge in [0.15, 0.2) is 11.5 Å². The Morgan fingerprint density at radius 1 is 0.738 bits per heavy atom. The molecule has 4 aromatic carbocycles. The minimum absolute atomic E-state index is 0.0353. The van der Waals surface area contributed by atoms with Gasteiger partial charge in [-0.2, -0.15) is 0 Å². The maximum Gasteiger partial charge on any atom is 0.253 e. The van der Waals surface area contributed by atoms with Crippen molar-refractivity contribution < 1.29 is 19.1 Å². The van der Waals surface area contributed by atoms with Crippen molar-refractivity contribution in [2.75, 3.05) is 26.3 Å². The molecule has 3 aliphatic rings. The van der Waals surface area contributed by atoms with Gasteiger partial charge in [0, 0.05) is 25.1 Å². The van der Waals surface area contributed by atoms with E-state index in [9.17, 15) is 9.59 Å². The van der Waals surface area contributed by atoms with Gasteiger partial charge in [0.25, 0.3) is 5.91 Å². The van der Waals surface area contributed by atoms with Gasteiger partial charge < -0.3 is 19.3 Å². The monoisotopic (exact) mass is 558 g/mol. The second-order valence-electron chi connectivity index (χ2n) is 11.4. The van der Waals surface area contributed by atoms with Crippen LogP contribution in [0.5, 0.6) is 11.5 Å². The standard InChI is InChI=1S/C36H34N2O4/c39-34(29-17-18-30-31(25-29)42-24-10-23-41-30)37-21-19-36(20-22-37)33(28-15-8-3-9-16-28)38(35(36)40)32(26-11-4-1-5-12-26)27-13-6-2-7-14-27/h1-9,11-18,25,32-33H,10,19-24H2. The largest absolute Gasteiger partial charge is 0.490 e. The molecule has 6 heteroatoms. The van der Waals surface area contributed by atoms with Crippen LogP contribution in [0, 0.1) is 5.41 Å². The third-order valence-corrected chi connectivity index (χ3v) is 9.02. The van der Waals surface area contributed by atoms with Crippen LogP contribution in [0.4, 0.5) is 0 Å². The second-order valence-corrected chi connectivity index (χ2v) is 11.4. The van der Waals surface area contributed by atoms with Crippen molar-refractivity contribution in [3.8, 4) is 11.5 Å². The first-order valence-corrected chi connectivity index (χ1v) is 14.8. The molecule has 3 heterocycles. The Morgan fingerprint density at radius 3 is 1.93 bits per heavy atom. The van der Waals surface area contributed by atoms with Crippen molar-refractivity contribution in [2.45, 2.75) is 31.3 Å². The maximum atomic E-state index is 14.4. The lowest BCUT2D eigenvalue weighted by Crippen LogP contribution is -2.67. The Kier molecular flexibility index (Phi) is 6.90. The fourth-order valence-corrected chi connectivity index (χ4v) is 6.93. The molecule has 0 aliphatic carbocycles. The van der Waals surface area contributed by atoms with Gasteiger partial charge in [-0.05, 0) is 47.7 Å². The molecular formula is C36H34N2O4. The smallest absolute Gasteiger partial charge is 0.253 e. The highest BCUT2D eigenvalue weighted by molar-refractivity contribution is 5.96. The molecule has 1 unspecified atom stereocenters. The molecule has 3 aliphatic heterocycles.